The summed E-state index contributed by atoms with van der Waals surface area (Å²) in [5, 5.41) is 3.97. The van der Waals surface area contributed by atoms with Crippen molar-refractivity contribution in [3.05, 3.63) is 42.0 Å². The molecular formula is C11H15N5O2S. The number of hydrogen-bond donors (Lipinski definition) is 2. The van der Waals surface area contributed by atoms with Gasteiger partial charge in [0, 0.05) is 26.0 Å². The summed E-state index contributed by atoms with van der Waals surface area (Å²) in [6, 6.07) is 4.80. The van der Waals surface area contributed by atoms with Crippen molar-refractivity contribution in [3.63, 3.8) is 0 Å². The number of rotatable bonds is 5. The van der Waals surface area contributed by atoms with Crippen LogP contribution in [-0.2, 0) is 30.2 Å². The van der Waals surface area contributed by atoms with E-state index in [1.807, 2.05) is 0 Å². The van der Waals surface area contributed by atoms with Crippen LogP contribution >= 0.6 is 0 Å². The molecule has 19 heavy (non-hydrogen) atoms. The monoisotopic (exact) mass is 281 g/mol. The number of sulfonamides is 1. The Labute approximate surface area is 111 Å². The van der Waals surface area contributed by atoms with Gasteiger partial charge >= 0.3 is 0 Å². The standard InChI is InChI=1S/C11H15N5O2S/c1-16-9(4-6-14-16)8-15-19(17,18)11-3-2-5-13-10(11)7-12/h2-6,15H,7-8,12H2,1H3. The van der Waals surface area contributed by atoms with Crippen LogP contribution in [0.25, 0.3) is 0 Å². The molecule has 2 heterocycles. The molecule has 0 bridgehead atoms. The van der Waals surface area contributed by atoms with Gasteiger partial charge in [-0.2, -0.15) is 5.10 Å². The molecule has 102 valence electrons. The second-order valence-corrected chi connectivity index (χ2v) is 5.66. The molecule has 0 aliphatic heterocycles. The van der Waals surface area contributed by atoms with Gasteiger partial charge in [0.2, 0.25) is 10.0 Å². The molecule has 0 spiro atoms. The predicted octanol–water partition coefficient (Wildman–Crippen LogP) is -0.248. The van der Waals surface area contributed by atoms with Crippen molar-refractivity contribution in [1.82, 2.24) is 19.5 Å². The summed E-state index contributed by atoms with van der Waals surface area (Å²) >= 11 is 0. The van der Waals surface area contributed by atoms with Crippen molar-refractivity contribution >= 4 is 10.0 Å². The lowest BCUT2D eigenvalue weighted by atomic mass is 10.3. The van der Waals surface area contributed by atoms with E-state index in [1.165, 1.54) is 12.3 Å². The van der Waals surface area contributed by atoms with Crippen molar-refractivity contribution in [2.75, 3.05) is 0 Å². The van der Waals surface area contributed by atoms with Gasteiger partial charge in [-0.05, 0) is 18.2 Å². The summed E-state index contributed by atoms with van der Waals surface area (Å²) in [4.78, 5) is 4.08. The Kier molecular flexibility index (Phi) is 3.93. The number of nitrogens with zero attached hydrogens (tertiary/aromatic N) is 3. The zero-order valence-corrected chi connectivity index (χ0v) is 11.3. The van der Waals surface area contributed by atoms with Crippen molar-refractivity contribution in [1.29, 1.82) is 0 Å². The van der Waals surface area contributed by atoms with Gasteiger partial charge in [-0.15, -0.1) is 0 Å². The summed E-state index contributed by atoms with van der Waals surface area (Å²) in [7, 11) is -1.88. The van der Waals surface area contributed by atoms with Crippen LogP contribution in [0.3, 0.4) is 0 Å². The average Bonchev–Trinajstić information content (AvgIpc) is 2.82. The van der Waals surface area contributed by atoms with Crippen molar-refractivity contribution < 1.29 is 8.42 Å². The maximum Gasteiger partial charge on any atom is 0.242 e. The van der Waals surface area contributed by atoms with Crippen molar-refractivity contribution in [2.24, 2.45) is 12.8 Å². The first-order valence-corrected chi connectivity index (χ1v) is 7.13. The lowest BCUT2D eigenvalue weighted by Gasteiger charge is -2.09. The van der Waals surface area contributed by atoms with E-state index < -0.39 is 10.0 Å². The summed E-state index contributed by atoms with van der Waals surface area (Å²) in [5.74, 6) is 0. The molecule has 0 amide bonds. The molecule has 0 radical (unpaired) electrons. The second-order valence-electron chi connectivity index (χ2n) is 3.92. The molecule has 0 saturated carbocycles. The van der Waals surface area contributed by atoms with E-state index in [9.17, 15) is 8.42 Å². The van der Waals surface area contributed by atoms with E-state index in [0.29, 0.717) is 5.69 Å². The number of pyridine rings is 1. The van der Waals surface area contributed by atoms with Crippen LogP contribution < -0.4 is 10.5 Å². The van der Waals surface area contributed by atoms with Gasteiger partial charge in [0.15, 0.2) is 0 Å². The van der Waals surface area contributed by atoms with Crippen LogP contribution in [0.15, 0.2) is 35.5 Å². The first kappa shape index (κ1) is 13.7. The third-order valence-electron chi connectivity index (χ3n) is 2.70. The molecule has 2 rings (SSSR count). The zero-order valence-electron chi connectivity index (χ0n) is 10.4. The molecule has 7 nitrogen and oxygen atoms in total. The highest BCUT2D eigenvalue weighted by Crippen LogP contribution is 2.12. The fourth-order valence-corrected chi connectivity index (χ4v) is 2.84. The van der Waals surface area contributed by atoms with Crippen LogP contribution in [0.5, 0.6) is 0 Å². The normalized spacial score (nSPS) is 11.7. The molecule has 0 atom stereocenters. The van der Waals surface area contributed by atoms with E-state index >= 15 is 0 Å². The lowest BCUT2D eigenvalue weighted by molar-refractivity contribution is 0.575. The van der Waals surface area contributed by atoms with E-state index in [-0.39, 0.29) is 18.0 Å². The molecule has 0 aliphatic carbocycles. The quantitative estimate of drug-likeness (QED) is 0.787. The molecule has 0 fully saturated rings. The Bertz CT molecular complexity index is 665. The SMILES string of the molecule is Cn1nccc1CNS(=O)(=O)c1cccnc1CN. The van der Waals surface area contributed by atoms with Gasteiger partial charge in [0.05, 0.1) is 17.9 Å². The van der Waals surface area contributed by atoms with Crippen molar-refractivity contribution in [2.45, 2.75) is 18.0 Å². The number of aryl methyl sites for hydroxylation is 1. The predicted molar refractivity (Wildman–Crippen MR) is 69.4 cm³/mol. The highest BCUT2D eigenvalue weighted by Gasteiger charge is 2.18. The minimum Gasteiger partial charge on any atom is -0.325 e. The van der Waals surface area contributed by atoms with E-state index in [2.05, 4.69) is 14.8 Å². The van der Waals surface area contributed by atoms with Crippen LogP contribution in [0.2, 0.25) is 0 Å². The molecule has 0 aliphatic rings. The Morgan fingerprint density at radius 3 is 2.79 bits per heavy atom. The van der Waals surface area contributed by atoms with Gasteiger partial charge in [-0.25, -0.2) is 13.1 Å². The third kappa shape index (κ3) is 2.98. The summed E-state index contributed by atoms with van der Waals surface area (Å²) < 4.78 is 28.5. The molecule has 2 aromatic heterocycles. The minimum absolute atomic E-state index is 0.0722. The molecule has 2 aromatic rings. The lowest BCUT2D eigenvalue weighted by Crippen LogP contribution is -2.26. The minimum atomic E-state index is -3.63. The van der Waals surface area contributed by atoms with Crippen LogP contribution in [0.4, 0.5) is 0 Å². The number of nitrogens with two attached hydrogens (primary N) is 1. The van der Waals surface area contributed by atoms with Crippen LogP contribution in [-0.4, -0.2) is 23.2 Å². The fraction of sp³-hybridized carbons (Fsp3) is 0.273. The van der Waals surface area contributed by atoms with Crippen LogP contribution in [0.1, 0.15) is 11.4 Å². The van der Waals surface area contributed by atoms with Gasteiger partial charge < -0.3 is 5.73 Å². The van der Waals surface area contributed by atoms with Crippen molar-refractivity contribution in [3.8, 4) is 0 Å². The van der Waals surface area contributed by atoms with E-state index in [1.54, 1.807) is 30.1 Å². The summed E-state index contributed by atoms with van der Waals surface area (Å²) in [5.41, 5.74) is 6.61. The highest BCUT2D eigenvalue weighted by molar-refractivity contribution is 7.89. The summed E-state index contributed by atoms with van der Waals surface area (Å²) in [6.07, 6.45) is 3.13. The Balaban J connectivity index is 2.21. The Morgan fingerprint density at radius 2 is 2.16 bits per heavy atom. The van der Waals surface area contributed by atoms with E-state index in [4.69, 9.17) is 5.73 Å². The zero-order chi connectivity index (χ0) is 13.9. The average molecular weight is 281 g/mol. The van der Waals surface area contributed by atoms with Gasteiger partial charge in [-0.1, -0.05) is 0 Å². The van der Waals surface area contributed by atoms with Gasteiger partial charge in [0.25, 0.3) is 0 Å². The highest BCUT2D eigenvalue weighted by atomic mass is 32.2. The topological polar surface area (TPSA) is 103 Å². The Hall–Kier alpha value is -1.77. The molecular weight excluding hydrogens is 266 g/mol. The van der Waals surface area contributed by atoms with Gasteiger partial charge in [-0.3, -0.25) is 9.67 Å². The maximum atomic E-state index is 12.2. The maximum absolute atomic E-state index is 12.2. The molecule has 0 unspecified atom stereocenters. The van der Waals surface area contributed by atoms with Gasteiger partial charge in [0.1, 0.15) is 4.90 Å². The number of nitrogens with one attached hydrogen (secondary N) is 1. The fourth-order valence-electron chi connectivity index (χ4n) is 1.64. The largest absolute Gasteiger partial charge is 0.325 e. The number of hydrogen-bond acceptors (Lipinski definition) is 5. The van der Waals surface area contributed by atoms with E-state index in [0.717, 1.165) is 5.69 Å². The second kappa shape index (κ2) is 5.47. The molecule has 0 aromatic carbocycles. The number of aromatic nitrogens is 3. The summed E-state index contributed by atoms with van der Waals surface area (Å²) in [6.45, 7) is 0.237. The smallest absolute Gasteiger partial charge is 0.242 e. The first-order valence-electron chi connectivity index (χ1n) is 5.65. The molecule has 8 heteroatoms. The first-order chi connectivity index (χ1) is 9.04. The third-order valence-corrected chi connectivity index (χ3v) is 4.17. The molecule has 0 saturated heterocycles. The van der Waals surface area contributed by atoms with Crippen LogP contribution in [0, 0.1) is 0 Å². The Morgan fingerprint density at radius 1 is 1.37 bits per heavy atom. The molecule has 3 N–H and O–H groups in total.